The van der Waals surface area contributed by atoms with E-state index in [0.717, 1.165) is 53.3 Å². The lowest BCUT2D eigenvalue weighted by Gasteiger charge is -2.25. The first kappa shape index (κ1) is 23.4. The van der Waals surface area contributed by atoms with E-state index in [4.69, 9.17) is 4.98 Å². The lowest BCUT2D eigenvalue weighted by atomic mass is 10.1. The van der Waals surface area contributed by atoms with Crippen LogP contribution in [0.1, 0.15) is 47.8 Å². The van der Waals surface area contributed by atoms with Gasteiger partial charge in [-0.15, -0.1) is 11.3 Å². The Morgan fingerprint density at radius 1 is 1.17 bits per heavy atom. The number of hydrogen-bond donors (Lipinski definition) is 1. The van der Waals surface area contributed by atoms with Gasteiger partial charge in [0.1, 0.15) is 10.8 Å². The van der Waals surface area contributed by atoms with E-state index in [9.17, 15) is 9.18 Å². The summed E-state index contributed by atoms with van der Waals surface area (Å²) in [6.07, 6.45) is 7.22. The highest BCUT2D eigenvalue weighted by molar-refractivity contribution is 7.13. The summed E-state index contributed by atoms with van der Waals surface area (Å²) in [7, 11) is 0. The molecule has 0 unspecified atom stereocenters. The summed E-state index contributed by atoms with van der Waals surface area (Å²) >= 11 is 1.64. The van der Waals surface area contributed by atoms with E-state index in [2.05, 4.69) is 44.4 Å². The number of halogens is 1. The Hall–Kier alpha value is -3.36. The van der Waals surface area contributed by atoms with Crippen LogP contribution >= 0.6 is 11.3 Å². The van der Waals surface area contributed by atoms with Gasteiger partial charge in [-0.25, -0.2) is 14.8 Å². The van der Waals surface area contributed by atoms with Crippen LogP contribution in [-0.2, 0) is 13.1 Å². The summed E-state index contributed by atoms with van der Waals surface area (Å²) in [6, 6.07) is 12.1. The Bertz CT molecular complexity index is 1350. The molecule has 2 aromatic heterocycles. The molecule has 1 saturated heterocycles. The second-order valence-electron chi connectivity index (χ2n) is 8.79. The highest BCUT2D eigenvalue weighted by Crippen LogP contribution is 2.30. The molecule has 0 bridgehead atoms. The third kappa shape index (κ3) is 5.33. The number of carbonyl (C=O) groups is 1. The van der Waals surface area contributed by atoms with Gasteiger partial charge >= 0.3 is 0 Å². The van der Waals surface area contributed by atoms with Crippen molar-refractivity contribution in [2.75, 3.05) is 13.1 Å². The molecule has 0 radical (unpaired) electrons. The molecule has 0 atom stereocenters. The molecule has 4 aromatic rings. The lowest BCUT2D eigenvalue weighted by Crippen LogP contribution is -2.29. The predicted octanol–water partition coefficient (Wildman–Crippen LogP) is 5.67. The van der Waals surface area contributed by atoms with Gasteiger partial charge in [0.15, 0.2) is 0 Å². The molecule has 0 saturated carbocycles. The van der Waals surface area contributed by atoms with Crippen LogP contribution in [0.15, 0.2) is 59.1 Å². The number of fused-ring (bicyclic) bond motifs is 1. The van der Waals surface area contributed by atoms with Crippen molar-refractivity contribution in [3.05, 3.63) is 76.7 Å². The van der Waals surface area contributed by atoms with Crippen molar-refractivity contribution in [3.63, 3.8) is 0 Å². The average molecular weight is 490 g/mol. The average Bonchev–Trinajstić information content (AvgIpc) is 3.50. The van der Waals surface area contributed by atoms with Crippen LogP contribution in [0.5, 0.6) is 0 Å². The smallest absolute Gasteiger partial charge is 0.273 e. The summed E-state index contributed by atoms with van der Waals surface area (Å²) < 4.78 is 15.1. The van der Waals surface area contributed by atoms with Gasteiger partial charge in [-0.2, -0.15) is 5.10 Å². The maximum absolute atomic E-state index is 13.1. The van der Waals surface area contributed by atoms with Gasteiger partial charge in [-0.05, 0) is 68.8 Å². The molecule has 1 amide bonds. The Kier molecular flexibility index (Phi) is 7.01. The number of rotatable bonds is 7. The second-order valence-corrected chi connectivity index (χ2v) is 9.65. The van der Waals surface area contributed by atoms with Gasteiger partial charge in [-0.3, -0.25) is 9.69 Å². The number of aryl methyl sites for hydroxylation is 1. The fourth-order valence-electron chi connectivity index (χ4n) is 4.51. The van der Waals surface area contributed by atoms with Crippen LogP contribution in [0, 0.1) is 5.82 Å². The summed E-state index contributed by atoms with van der Waals surface area (Å²) in [5.74, 6) is -0.601. The summed E-state index contributed by atoms with van der Waals surface area (Å²) in [5, 5.41) is 8.03. The number of piperidine rings is 1. The van der Waals surface area contributed by atoms with Crippen LogP contribution in [0.3, 0.4) is 0 Å². The largest absolute Gasteiger partial charge is 0.347 e. The molecule has 180 valence electrons. The third-order valence-corrected chi connectivity index (χ3v) is 7.29. The molecule has 35 heavy (non-hydrogen) atoms. The van der Waals surface area contributed by atoms with Gasteiger partial charge < -0.3 is 4.57 Å². The molecule has 0 spiro atoms. The van der Waals surface area contributed by atoms with Gasteiger partial charge in [0.05, 0.1) is 17.5 Å². The Morgan fingerprint density at radius 2 is 1.97 bits per heavy atom. The molecular weight excluding hydrogens is 461 g/mol. The Labute approximate surface area is 208 Å². The zero-order valence-corrected chi connectivity index (χ0v) is 20.5. The summed E-state index contributed by atoms with van der Waals surface area (Å²) in [4.78, 5) is 20.4. The quantitative estimate of drug-likeness (QED) is 0.269. The summed E-state index contributed by atoms with van der Waals surface area (Å²) in [6.45, 7) is 5.98. The van der Waals surface area contributed by atoms with Crippen LogP contribution < -0.4 is 5.43 Å². The molecule has 1 aliphatic heterocycles. The van der Waals surface area contributed by atoms with Gasteiger partial charge in [0.25, 0.3) is 5.91 Å². The topological polar surface area (TPSA) is 62.5 Å². The number of hydrogen-bond acceptors (Lipinski definition) is 5. The molecule has 1 N–H and O–H groups in total. The standard InChI is InChI=1S/C27H28FN5OS/c1-2-33-17-24(26(34)31-29-15-19-6-9-21(28)10-7-19)23-14-20(8-11-25(23)33)27-30-22(18-35-27)16-32-12-4-3-5-13-32/h6-11,14-15,17-18H,2-5,12-13,16H2,1H3,(H,31,34). The van der Waals surface area contributed by atoms with E-state index < -0.39 is 0 Å². The fourth-order valence-corrected chi connectivity index (χ4v) is 5.31. The van der Waals surface area contributed by atoms with Crippen LogP contribution in [0.25, 0.3) is 21.5 Å². The van der Waals surface area contributed by atoms with E-state index in [1.165, 1.54) is 37.6 Å². The minimum absolute atomic E-state index is 0.289. The minimum atomic E-state index is -0.312. The normalized spacial score (nSPS) is 14.7. The van der Waals surface area contributed by atoms with Crippen LogP contribution in [0.2, 0.25) is 0 Å². The number of benzene rings is 2. The van der Waals surface area contributed by atoms with E-state index in [-0.39, 0.29) is 11.7 Å². The van der Waals surface area contributed by atoms with Crippen molar-refractivity contribution in [2.45, 2.75) is 39.3 Å². The number of nitrogens with zero attached hydrogens (tertiary/aromatic N) is 4. The number of carbonyl (C=O) groups excluding carboxylic acids is 1. The predicted molar refractivity (Wildman–Crippen MR) is 139 cm³/mol. The molecule has 1 fully saturated rings. The number of amides is 1. The minimum Gasteiger partial charge on any atom is -0.347 e. The monoisotopic (exact) mass is 489 g/mol. The maximum Gasteiger partial charge on any atom is 0.273 e. The van der Waals surface area contributed by atoms with Crippen molar-refractivity contribution in [1.29, 1.82) is 0 Å². The Balaban J connectivity index is 1.37. The zero-order chi connectivity index (χ0) is 24.2. The first-order valence-corrected chi connectivity index (χ1v) is 12.9. The molecule has 0 aliphatic carbocycles. The molecule has 5 rings (SSSR count). The van der Waals surface area contributed by atoms with Crippen LogP contribution in [-0.4, -0.2) is 39.7 Å². The molecule has 2 aromatic carbocycles. The first-order chi connectivity index (χ1) is 17.1. The molecule has 8 heteroatoms. The number of thiazole rings is 1. The fraction of sp³-hybridized carbons (Fsp3) is 0.296. The highest BCUT2D eigenvalue weighted by Gasteiger charge is 2.17. The van der Waals surface area contributed by atoms with E-state index >= 15 is 0 Å². The number of aromatic nitrogens is 2. The van der Waals surface area contributed by atoms with E-state index in [1.807, 2.05) is 12.3 Å². The summed E-state index contributed by atoms with van der Waals surface area (Å²) in [5.41, 5.74) is 6.97. The van der Waals surface area contributed by atoms with E-state index in [0.29, 0.717) is 11.1 Å². The van der Waals surface area contributed by atoms with Crippen molar-refractivity contribution < 1.29 is 9.18 Å². The van der Waals surface area contributed by atoms with Crippen LogP contribution in [0.4, 0.5) is 4.39 Å². The second kappa shape index (κ2) is 10.5. The van der Waals surface area contributed by atoms with Gasteiger partial charge in [0, 0.05) is 41.1 Å². The van der Waals surface area contributed by atoms with Crippen molar-refractivity contribution in [3.8, 4) is 10.6 Å². The van der Waals surface area contributed by atoms with Crippen molar-refractivity contribution in [2.24, 2.45) is 5.10 Å². The molecule has 6 nitrogen and oxygen atoms in total. The number of nitrogens with one attached hydrogen (secondary N) is 1. The number of likely N-dealkylation sites (tertiary alicyclic amines) is 1. The third-order valence-electron chi connectivity index (χ3n) is 6.35. The molecular formula is C27H28FN5OS. The van der Waals surface area contributed by atoms with Crippen molar-refractivity contribution in [1.82, 2.24) is 19.9 Å². The lowest BCUT2D eigenvalue weighted by molar-refractivity contribution is 0.0956. The van der Waals surface area contributed by atoms with Crippen molar-refractivity contribution >= 4 is 34.4 Å². The van der Waals surface area contributed by atoms with Gasteiger partial charge in [-0.1, -0.05) is 18.6 Å². The Morgan fingerprint density at radius 3 is 2.74 bits per heavy atom. The highest BCUT2D eigenvalue weighted by atomic mass is 32.1. The van der Waals surface area contributed by atoms with E-state index in [1.54, 1.807) is 23.5 Å². The van der Waals surface area contributed by atoms with Gasteiger partial charge in [0.2, 0.25) is 0 Å². The molecule has 1 aliphatic rings. The maximum atomic E-state index is 13.1. The zero-order valence-electron chi connectivity index (χ0n) is 19.7. The molecule has 3 heterocycles. The number of hydrazone groups is 1. The SMILES string of the molecule is CCn1cc(C(=O)NN=Cc2ccc(F)cc2)c2cc(-c3nc(CN4CCCCC4)cs3)ccc21. The first-order valence-electron chi connectivity index (χ1n) is 12.0.